The monoisotopic (exact) mass is 579 g/mol. The van der Waals surface area contributed by atoms with Crippen LogP contribution in [0.5, 0.6) is 0 Å². The Morgan fingerprint density at radius 3 is 2.56 bits per heavy atom. The van der Waals surface area contributed by atoms with Crippen molar-refractivity contribution in [1.82, 2.24) is 14.5 Å². The van der Waals surface area contributed by atoms with Crippen LogP contribution < -0.4 is 16.4 Å². The van der Waals surface area contributed by atoms with Crippen LogP contribution in [0.1, 0.15) is 64.4 Å². The number of amides is 1. The van der Waals surface area contributed by atoms with Gasteiger partial charge in [-0.3, -0.25) is 19.2 Å². The largest absolute Gasteiger partial charge is 0.456 e. The molecule has 0 saturated heterocycles. The highest BCUT2D eigenvalue weighted by Crippen LogP contribution is 2.45. The van der Waals surface area contributed by atoms with E-state index in [1.54, 1.807) is 13.1 Å². The van der Waals surface area contributed by atoms with E-state index in [0.717, 1.165) is 42.4 Å². The number of halogens is 2. The molecular formula is C30H27ClFN3O6. The third-order valence-corrected chi connectivity index (χ3v) is 8.46. The molecule has 1 unspecified atom stereocenters. The molecule has 1 amide bonds. The molecule has 3 heterocycles. The molecule has 0 bridgehead atoms. The van der Waals surface area contributed by atoms with Gasteiger partial charge in [0.15, 0.2) is 6.61 Å². The number of hydrogen-bond donors (Lipinski definition) is 1. The van der Waals surface area contributed by atoms with Gasteiger partial charge < -0.3 is 19.2 Å². The van der Waals surface area contributed by atoms with Gasteiger partial charge in [-0.25, -0.2) is 9.18 Å². The highest BCUT2D eigenvalue weighted by molar-refractivity contribution is 6.31. The number of rotatable bonds is 7. The van der Waals surface area contributed by atoms with Crippen LogP contribution in [0, 0.1) is 11.7 Å². The Hall–Kier alpha value is -4.05. The summed E-state index contributed by atoms with van der Waals surface area (Å²) in [6, 6.07) is 5.84. The SMILES string of the molecule is Cn1ccc(C(=O)COC(=O)C(CC2CC2)n2cc3c(cc2=O)-c2c(ccc(Cl)c2F)CC2(CC2)NC3=O)cc1=O. The van der Waals surface area contributed by atoms with Crippen LogP contribution in [0.3, 0.4) is 0 Å². The van der Waals surface area contributed by atoms with Crippen LogP contribution in [0.2, 0.25) is 5.02 Å². The molecule has 2 fully saturated rings. The lowest BCUT2D eigenvalue weighted by atomic mass is 9.89. The summed E-state index contributed by atoms with van der Waals surface area (Å²) >= 11 is 6.11. The first-order valence-electron chi connectivity index (χ1n) is 13.5. The van der Waals surface area contributed by atoms with E-state index in [9.17, 15) is 24.0 Å². The van der Waals surface area contributed by atoms with Crippen molar-refractivity contribution in [1.29, 1.82) is 0 Å². The molecule has 1 N–H and O–H groups in total. The molecule has 41 heavy (non-hydrogen) atoms. The van der Waals surface area contributed by atoms with Crippen molar-refractivity contribution in [2.75, 3.05) is 6.61 Å². The number of aryl methyl sites for hydroxylation is 1. The Labute approximate surface area is 238 Å². The molecule has 1 aromatic carbocycles. The van der Waals surface area contributed by atoms with Crippen molar-refractivity contribution >= 4 is 29.3 Å². The van der Waals surface area contributed by atoms with Crippen molar-refractivity contribution in [3.63, 3.8) is 0 Å². The summed E-state index contributed by atoms with van der Waals surface area (Å²) in [5, 5.41) is 2.91. The summed E-state index contributed by atoms with van der Waals surface area (Å²) in [6.45, 7) is -0.618. The number of esters is 1. The second-order valence-corrected chi connectivity index (χ2v) is 11.7. The van der Waals surface area contributed by atoms with Gasteiger partial charge in [0.2, 0.25) is 5.78 Å². The van der Waals surface area contributed by atoms with E-state index >= 15 is 4.39 Å². The molecule has 9 nitrogen and oxygen atoms in total. The normalized spacial score (nSPS) is 17.5. The topological polar surface area (TPSA) is 116 Å². The lowest BCUT2D eigenvalue weighted by Gasteiger charge is -2.26. The lowest BCUT2D eigenvalue weighted by molar-refractivity contribution is -0.147. The van der Waals surface area contributed by atoms with Gasteiger partial charge in [0.25, 0.3) is 17.0 Å². The van der Waals surface area contributed by atoms with Gasteiger partial charge >= 0.3 is 5.97 Å². The summed E-state index contributed by atoms with van der Waals surface area (Å²) in [4.78, 5) is 64.8. The maximum atomic E-state index is 15.4. The third kappa shape index (κ3) is 5.24. The Morgan fingerprint density at radius 1 is 1.12 bits per heavy atom. The molecule has 2 saturated carbocycles. The number of carbonyl (C=O) groups is 3. The maximum absolute atomic E-state index is 15.4. The Bertz CT molecular complexity index is 1740. The maximum Gasteiger partial charge on any atom is 0.329 e. The molecule has 3 aliphatic rings. The minimum absolute atomic E-state index is 0.0443. The zero-order valence-electron chi connectivity index (χ0n) is 22.2. The third-order valence-electron chi connectivity index (χ3n) is 8.17. The van der Waals surface area contributed by atoms with Gasteiger partial charge in [-0.1, -0.05) is 30.5 Å². The van der Waals surface area contributed by atoms with E-state index in [1.807, 2.05) is 0 Å². The zero-order valence-corrected chi connectivity index (χ0v) is 23.0. The summed E-state index contributed by atoms with van der Waals surface area (Å²) in [6.07, 6.45) is 6.62. The molecule has 1 atom stereocenters. The molecule has 212 valence electrons. The van der Waals surface area contributed by atoms with Crippen molar-refractivity contribution in [3.8, 4) is 11.1 Å². The van der Waals surface area contributed by atoms with Gasteiger partial charge in [0.1, 0.15) is 11.9 Å². The van der Waals surface area contributed by atoms with Crippen LogP contribution in [-0.2, 0) is 23.0 Å². The number of pyridine rings is 2. The van der Waals surface area contributed by atoms with Gasteiger partial charge in [0, 0.05) is 53.8 Å². The fourth-order valence-electron chi connectivity index (χ4n) is 5.41. The number of nitrogens with one attached hydrogen (secondary N) is 1. The number of Topliss-reactive ketones (excluding diaryl/α,β-unsaturated/α-hetero) is 1. The van der Waals surface area contributed by atoms with Crippen LogP contribution in [0.25, 0.3) is 11.1 Å². The van der Waals surface area contributed by atoms with Crippen LogP contribution in [0.4, 0.5) is 4.39 Å². The predicted octanol–water partition coefficient (Wildman–Crippen LogP) is 3.59. The first kappa shape index (κ1) is 27.1. The minimum atomic E-state index is -1.10. The first-order valence-corrected chi connectivity index (χ1v) is 13.9. The van der Waals surface area contributed by atoms with Gasteiger partial charge in [-0.05, 0) is 49.3 Å². The van der Waals surface area contributed by atoms with E-state index in [2.05, 4.69) is 5.32 Å². The number of benzene rings is 1. The molecule has 11 heteroatoms. The van der Waals surface area contributed by atoms with E-state index < -0.39 is 47.2 Å². The number of nitrogens with zero attached hydrogens (tertiary/aromatic N) is 2. The van der Waals surface area contributed by atoms with E-state index in [0.29, 0.717) is 12.0 Å². The standard InChI is InChI=1S/C30H27ClFN3O6/c1-34-9-6-17(11-24(34)37)23(36)15-41-29(40)22(10-16-2-3-16)35-14-20-19(12-25(35)38)26-18(4-5-21(31)27(26)32)13-30(7-8-30)33-28(20)39/h4-6,9,11-12,14,16,22H,2-3,7-8,10,13,15H2,1H3,(H,33,39). The number of carbonyl (C=O) groups excluding carboxylic acids is 3. The molecule has 0 radical (unpaired) electrons. The Balaban J connectivity index is 1.36. The van der Waals surface area contributed by atoms with Crippen molar-refractivity contribution in [2.45, 2.75) is 50.1 Å². The zero-order chi connectivity index (χ0) is 29.1. The summed E-state index contributed by atoms with van der Waals surface area (Å²) in [7, 11) is 1.55. The van der Waals surface area contributed by atoms with Crippen molar-refractivity contribution < 1.29 is 23.5 Å². The Kier molecular flexibility index (Phi) is 6.68. The number of aromatic nitrogens is 2. The number of fused-ring (bicyclic) bond motifs is 3. The molecule has 2 aromatic heterocycles. The van der Waals surface area contributed by atoms with Crippen LogP contribution in [0.15, 0.2) is 52.3 Å². The Morgan fingerprint density at radius 2 is 1.88 bits per heavy atom. The quantitative estimate of drug-likeness (QED) is 0.338. The number of hydrogen-bond acceptors (Lipinski definition) is 6. The minimum Gasteiger partial charge on any atom is -0.456 e. The fourth-order valence-corrected chi connectivity index (χ4v) is 5.57. The molecule has 3 aromatic rings. The highest BCUT2D eigenvalue weighted by atomic mass is 35.5. The fraction of sp³-hybridized carbons (Fsp3) is 0.367. The first-order chi connectivity index (χ1) is 19.5. The lowest BCUT2D eigenvalue weighted by Crippen LogP contribution is -2.41. The predicted molar refractivity (Wildman–Crippen MR) is 148 cm³/mol. The summed E-state index contributed by atoms with van der Waals surface area (Å²) in [5.41, 5.74) is -0.518. The molecule has 1 aliphatic heterocycles. The number of ether oxygens (including phenoxy) is 1. The average molecular weight is 580 g/mol. The van der Waals surface area contributed by atoms with Gasteiger partial charge in [-0.15, -0.1) is 0 Å². The average Bonchev–Trinajstić information content (AvgIpc) is 3.87. The second kappa shape index (κ2) is 10.1. The molecule has 6 rings (SSSR count). The van der Waals surface area contributed by atoms with E-state index in [-0.39, 0.29) is 45.2 Å². The summed E-state index contributed by atoms with van der Waals surface area (Å²) < 4.78 is 23.2. The number of ketones is 1. The van der Waals surface area contributed by atoms with Crippen LogP contribution in [-0.4, -0.2) is 38.9 Å². The second-order valence-electron chi connectivity index (χ2n) is 11.2. The van der Waals surface area contributed by atoms with Crippen molar-refractivity contribution in [3.05, 3.63) is 91.0 Å². The molecular weight excluding hydrogens is 553 g/mol. The van der Waals surface area contributed by atoms with Gasteiger partial charge in [0.05, 0.1) is 10.6 Å². The van der Waals surface area contributed by atoms with Gasteiger partial charge in [-0.2, -0.15) is 0 Å². The highest BCUT2D eigenvalue weighted by Gasteiger charge is 2.46. The molecule has 1 spiro atoms. The smallest absolute Gasteiger partial charge is 0.329 e. The van der Waals surface area contributed by atoms with E-state index in [4.69, 9.17) is 16.3 Å². The van der Waals surface area contributed by atoms with Crippen LogP contribution >= 0.6 is 11.6 Å². The summed E-state index contributed by atoms with van der Waals surface area (Å²) in [5.74, 6) is -2.39. The van der Waals surface area contributed by atoms with E-state index in [1.165, 1.54) is 29.1 Å². The van der Waals surface area contributed by atoms with Crippen molar-refractivity contribution in [2.24, 2.45) is 13.0 Å². The molecule has 2 aliphatic carbocycles.